The van der Waals surface area contributed by atoms with Crippen molar-refractivity contribution in [1.82, 2.24) is 10.9 Å². The van der Waals surface area contributed by atoms with E-state index < -0.39 is 5.41 Å². The Bertz CT molecular complexity index is 519. The van der Waals surface area contributed by atoms with E-state index in [1.807, 2.05) is 0 Å². The van der Waals surface area contributed by atoms with Crippen LogP contribution >= 0.6 is 0 Å². The zero-order valence-corrected chi connectivity index (χ0v) is 10.4. The van der Waals surface area contributed by atoms with Gasteiger partial charge in [-0.2, -0.15) is 0 Å². The number of rotatable bonds is 3. The first-order chi connectivity index (χ1) is 9.12. The van der Waals surface area contributed by atoms with Gasteiger partial charge in [-0.15, -0.1) is 0 Å². The van der Waals surface area contributed by atoms with Gasteiger partial charge < -0.3 is 0 Å². The highest BCUT2D eigenvalue weighted by molar-refractivity contribution is 5.93. The summed E-state index contributed by atoms with van der Waals surface area (Å²) in [7, 11) is 0. The summed E-state index contributed by atoms with van der Waals surface area (Å²) in [4.78, 5) is 23.6. The van der Waals surface area contributed by atoms with Gasteiger partial charge in [0.1, 0.15) is 5.82 Å². The third-order valence-corrected chi connectivity index (χ3v) is 3.83. The highest BCUT2D eigenvalue weighted by atomic mass is 19.1. The molecule has 2 saturated carbocycles. The van der Waals surface area contributed by atoms with Crippen LogP contribution in [0, 0.1) is 11.7 Å². The summed E-state index contributed by atoms with van der Waals surface area (Å²) in [6, 6.07) is 5.96. The lowest BCUT2D eigenvalue weighted by molar-refractivity contribution is -0.130. The number of amides is 2. The van der Waals surface area contributed by atoms with Crippen LogP contribution in [0.5, 0.6) is 0 Å². The van der Waals surface area contributed by atoms with Gasteiger partial charge in [-0.25, -0.2) is 4.39 Å². The monoisotopic (exact) mass is 262 g/mol. The number of hydrogen-bond donors (Lipinski definition) is 2. The molecule has 0 spiro atoms. The molecule has 1 aromatic rings. The van der Waals surface area contributed by atoms with Crippen LogP contribution in [0.3, 0.4) is 0 Å². The van der Waals surface area contributed by atoms with E-state index in [0.717, 1.165) is 31.2 Å². The van der Waals surface area contributed by atoms with Gasteiger partial charge in [0.05, 0.1) is 5.41 Å². The van der Waals surface area contributed by atoms with Crippen LogP contribution in [0.25, 0.3) is 0 Å². The Morgan fingerprint density at radius 3 is 2.26 bits per heavy atom. The molecule has 2 fully saturated rings. The second kappa shape index (κ2) is 4.33. The number of carbonyl (C=O) groups is 2. The standard InChI is InChI=1S/C14H15FN2O2/c15-11-5-3-10(4-6-11)14(7-8-14)13(19)17-16-12(18)9-1-2-9/h3-6,9H,1-2,7-8H2,(H,16,18)(H,17,19). The normalized spacial score (nSPS) is 19.6. The molecule has 0 unspecified atom stereocenters. The van der Waals surface area contributed by atoms with Gasteiger partial charge in [-0.1, -0.05) is 12.1 Å². The molecule has 5 heteroatoms. The van der Waals surface area contributed by atoms with Crippen molar-refractivity contribution < 1.29 is 14.0 Å². The van der Waals surface area contributed by atoms with Crippen molar-refractivity contribution in [3.63, 3.8) is 0 Å². The van der Waals surface area contributed by atoms with Crippen molar-refractivity contribution >= 4 is 11.8 Å². The number of nitrogens with one attached hydrogen (secondary N) is 2. The van der Waals surface area contributed by atoms with Crippen LogP contribution in [0.15, 0.2) is 24.3 Å². The molecule has 0 saturated heterocycles. The molecule has 2 aliphatic rings. The maximum atomic E-state index is 12.9. The predicted molar refractivity (Wildman–Crippen MR) is 66.3 cm³/mol. The second-order valence-corrected chi connectivity index (χ2v) is 5.31. The van der Waals surface area contributed by atoms with Gasteiger partial charge in [-0.05, 0) is 43.4 Å². The molecule has 3 rings (SSSR count). The number of halogens is 1. The lowest BCUT2D eigenvalue weighted by Crippen LogP contribution is -2.47. The summed E-state index contributed by atoms with van der Waals surface area (Å²) in [5.41, 5.74) is 5.15. The number of hydrazine groups is 1. The quantitative estimate of drug-likeness (QED) is 0.809. The second-order valence-electron chi connectivity index (χ2n) is 5.31. The summed E-state index contributed by atoms with van der Waals surface area (Å²) in [5, 5.41) is 0. The van der Waals surface area contributed by atoms with Crippen LogP contribution < -0.4 is 10.9 Å². The third-order valence-electron chi connectivity index (χ3n) is 3.83. The molecule has 4 nitrogen and oxygen atoms in total. The maximum Gasteiger partial charge on any atom is 0.249 e. The highest BCUT2D eigenvalue weighted by Gasteiger charge is 2.51. The van der Waals surface area contributed by atoms with Crippen LogP contribution in [0.2, 0.25) is 0 Å². The summed E-state index contributed by atoms with van der Waals surface area (Å²) in [6.45, 7) is 0. The van der Waals surface area contributed by atoms with Gasteiger partial charge >= 0.3 is 0 Å². The van der Waals surface area contributed by atoms with Crippen molar-refractivity contribution in [1.29, 1.82) is 0 Å². The first kappa shape index (κ1) is 12.1. The minimum absolute atomic E-state index is 0.0567. The van der Waals surface area contributed by atoms with E-state index in [9.17, 15) is 14.0 Å². The Morgan fingerprint density at radius 2 is 1.74 bits per heavy atom. The molecule has 2 aliphatic carbocycles. The molecule has 0 heterocycles. The average molecular weight is 262 g/mol. The van der Waals surface area contributed by atoms with Crippen molar-refractivity contribution in [2.75, 3.05) is 0 Å². The van der Waals surface area contributed by atoms with Gasteiger partial charge in [0.2, 0.25) is 11.8 Å². The fourth-order valence-corrected chi connectivity index (χ4v) is 2.23. The molecule has 0 bridgehead atoms. The van der Waals surface area contributed by atoms with E-state index in [1.54, 1.807) is 12.1 Å². The summed E-state index contributed by atoms with van der Waals surface area (Å²) in [5.74, 6) is -0.598. The Hall–Kier alpha value is -1.91. The van der Waals surface area contributed by atoms with Gasteiger partial charge in [-0.3, -0.25) is 20.4 Å². The predicted octanol–water partition coefficient (Wildman–Crippen LogP) is 1.41. The fraction of sp³-hybridized carbons (Fsp3) is 0.429. The Balaban J connectivity index is 1.65. The molecule has 2 N–H and O–H groups in total. The van der Waals surface area contributed by atoms with E-state index in [1.165, 1.54) is 12.1 Å². The molecule has 2 amide bonds. The van der Waals surface area contributed by atoms with Crippen molar-refractivity contribution in [2.45, 2.75) is 31.1 Å². The largest absolute Gasteiger partial charge is 0.273 e. The minimum atomic E-state index is -0.593. The van der Waals surface area contributed by atoms with E-state index in [0.29, 0.717) is 0 Å². The van der Waals surface area contributed by atoms with E-state index in [2.05, 4.69) is 10.9 Å². The number of hydrogen-bond acceptors (Lipinski definition) is 2. The van der Waals surface area contributed by atoms with Crippen molar-refractivity contribution in [3.8, 4) is 0 Å². The van der Waals surface area contributed by atoms with E-state index in [-0.39, 0.29) is 23.5 Å². The summed E-state index contributed by atoms with van der Waals surface area (Å²) < 4.78 is 12.9. The van der Waals surface area contributed by atoms with Crippen molar-refractivity contribution in [2.24, 2.45) is 5.92 Å². The third kappa shape index (κ3) is 2.32. The number of benzene rings is 1. The SMILES string of the molecule is O=C(NNC(=O)C1(c2ccc(F)cc2)CC1)C1CC1. The topological polar surface area (TPSA) is 58.2 Å². The van der Waals surface area contributed by atoms with Gasteiger partial charge in [0.25, 0.3) is 0 Å². The van der Waals surface area contributed by atoms with E-state index in [4.69, 9.17) is 0 Å². The van der Waals surface area contributed by atoms with Gasteiger partial charge in [0.15, 0.2) is 0 Å². The highest BCUT2D eigenvalue weighted by Crippen LogP contribution is 2.48. The molecule has 100 valence electrons. The molecule has 1 aromatic carbocycles. The molecular weight excluding hydrogens is 247 g/mol. The van der Waals surface area contributed by atoms with E-state index >= 15 is 0 Å². The molecule has 19 heavy (non-hydrogen) atoms. The smallest absolute Gasteiger partial charge is 0.249 e. The van der Waals surface area contributed by atoms with Crippen molar-refractivity contribution in [3.05, 3.63) is 35.6 Å². The van der Waals surface area contributed by atoms with Crippen LogP contribution in [0.4, 0.5) is 4.39 Å². The molecule has 0 radical (unpaired) electrons. The molecule has 0 atom stereocenters. The Labute approximate surface area is 110 Å². The summed E-state index contributed by atoms with van der Waals surface area (Å²) in [6.07, 6.45) is 3.24. The fourth-order valence-electron chi connectivity index (χ4n) is 2.23. The lowest BCUT2D eigenvalue weighted by Gasteiger charge is -2.16. The van der Waals surface area contributed by atoms with Crippen LogP contribution in [0.1, 0.15) is 31.2 Å². The minimum Gasteiger partial charge on any atom is -0.273 e. The Kier molecular flexibility index (Phi) is 2.77. The first-order valence-corrected chi connectivity index (χ1v) is 6.48. The molecule has 0 aromatic heterocycles. The molecule has 0 aliphatic heterocycles. The zero-order chi connectivity index (χ0) is 13.5. The lowest BCUT2D eigenvalue weighted by atomic mass is 9.95. The first-order valence-electron chi connectivity index (χ1n) is 6.48. The van der Waals surface area contributed by atoms with Crippen LogP contribution in [-0.2, 0) is 15.0 Å². The molecular formula is C14H15FN2O2. The number of carbonyl (C=O) groups excluding carboxylic acids is 2. The average Bonchev–Trinajstić information content (AvgIpc) is 3.29. The Morgan fingerprint density at radius 1 is 1.11 bits per heavy atom. The van der Waals surface area contributed by atoms with Crippen LogP contribution in [-0.4, -0.2) is 11.8 Å². The summed E-state index contributed by atoms with van der Waals surface area (Å²) >= 11 is 0. The zero-order valence-electron chi connectivity index (χ0n) is 10.4. The maximum absolute atomic E-state index is 12.9. The van der Waals surface area contributed by atoms with Gasteiger partial charge in [0, 0.05) is 5.92 Å².